The summed E-state index contributed by atoms with van der Waals surface area (Å²) in [5.41, 5.74) is 7.46. The van der Waals surface area contributed by atoms with Crippen molar-refractivity contribution in [3.8, 4) is 12.3 Å². The SMILES string of the molecule is C#Cc1ccc2c(c(CC(N)C(=O)O)c(C)n2C)c1[N+](=O)[O-]. The molecule has 2 rings (SSSR count). The molecule has 0 spiro atoms. The largest absolute Gasteiger partial charge is 0.480 e. The van der Waals surface area contributed by atoms with Crippen LogP contribution in [0.15, 0.2) is 12.1 Å². The number of nitro benzene ring substituents is 1. The highest BCUT2D eigenvalue weighted by Crippen LogP contribution is 2.35. The van der Waals surface area contributed by atoms with Gasteiger partial charge in [0.05, 0.1) is 15.8 Å². The van der Waals surface area contributed by atoms with Gasteiger partial charge in [-0.1, -0.05) is 5.92 Å². The van der Waals surface area contributed by atoms with Gasteiger partial charge in [0, 0.05) is 19.2 Å². The first kappa shape index (κ1) is 15.5. The van der Waals surface area contributed by atoms with Crippen LogP contribution in [0.5, 0.6) is 0 Å². The van der Waals surface area contributed by atoms with Crippen LogP contribution in [0.2, 0.25) is 0 Å². The van der Waals surface area contributed by atoms with E-state index < -0.39 is 16.9 Å². The van der Waals surface area contributed by atoms with E-state index in [2.05, 4.69) is 5.92 Å². The zero-order valence-corrected chi connectivity index (χ0v) is 12.2. The van der Waals surface area contributed by atoms with E-state index in [1.165, 1.54) is 6.07 Å². The van der Waals surface area contributed by atoms with Gasteiger partial charge in [0.2, 0.25) is 0 Å². The lowest BCUT2D eigenvalue weighted by atomic mass is 10.00. The Morgan fingerprint density at radius 3 is 2.73 bits per heavy atom. The maximum absolute atomic E-state index is 11.4. The average molecular weight is 301 g/mol. The van der Waals surface area contributed by atoms with Crippen LogP contribution in [0.1, 0.15) is 16.8 Å². The fraction of sp³-hybridized carbons (Fsp3) is 0.267. The van der Waals surface area contributed by atoms with Gasteiger partial charge in [0.25, 0.3) is 5.69 Å². The Labute approximate surface area is 126 Å². The predicted molar refractivity (Wildman–Crippen MR) is 81.6 cm³/mol. The molecule has 0 saturated heterocycles. The molecular weight excluding hydrogens is 286 g/mol. The molecule has 0 aliphatic rings. The molecule has 7 nitrogen and oxygen atoms in total. The van der Waals surface area contributed by atoms with Crippen molar-refractivity contribution in [2.45, 2.75) is 19.4 Å². The first-order chi connectivity index (χ1) is 10.3. The number of nitrogens with zero attached hydrogens (tertiary/aromatic N) is 2. The molecule has 0 aliphatic heterocycles. The van der Waals surface area contributed by atoms with Gasteiger partial charge in [-0.15, -0.1) is 6.42 Å². The molecular formula is C15H15N3O4. The Kier molecular flexibility index (Phi) is 3.89. The van der Waals surface area contributed by atoms with Crippen molar-refractivity contribution in [3.05, 3.63) is 39.1 Å². The van der Waals surface area contributed by atoms with Gasteiger partial charge < -0.3 is 15.4 Å². The first-order valence-electron chi connectivity index (χ1n) is 6.49. The third-order valence-electron chi connectivity index (χ3n) is 3.84. The summed E-state index contributed by atoms with van der Waals surface area (Å²) in [6.45, 7) is 1.77. The van der Waals surface area contributed by atoms with E-state index in [-0.39, 0.29) is 17.7 Å². The monoisotopic (exact) mass is 301 g/mol. The topological polar surface area (TPSA) is 111 Å². The van der Waals surface area contributed by atoms with Crippen LogP contribution >= 0.6 is 0 Å². The summed E-state index contributed by atoms with van der Waals surface area (Å²) in [5.74, 6) is 1.14. The second kappa shape index (κ2) is 5.50. The number of benzene rings is 1. The summed E-state index contributed by atoms with van der Waals surface area (Å²) in [6, 6.07) is 2.07. The standard InChI is InChI=1S/C15H15N3O4/c1-4-9-5-6-12-13(14(9)18(21)22)10(8(2)17(12)3)7-11(16)15(19)20/h1,5-6,11H,7,16H2,2-3H3,(H,19,20). The van der Waals surface area contributed by atoms with Gasteiger partial charge >= 0.3 is 5.97 Å². The molecule has 1 aromatic carbocycles. The van der Waals surface area contributed by atoms with Gasteiger partial charge in [-0.2, -0.15) is 0 Å². The summed E-state index contributed by atoms with van der Waals surface area (Å²) in [6.07, 6.45) is 5.34. The molecule has 1 unspecified atom stereocenters. The Hall–Kier alpha value is -2.85. The quantitative estimate of drug-likeness (QED) is 0.502. The minimum absolute atomic E-state index is 0.00658. The minimum atomic E-state index is -1.16. The smallest absolute Gasteiger partial charge is 0.320 e. The highest BCUT2D eigenvalue weighted by molar-refractivity contribution is 5.96. The maximum atomic E-state index is 11.4. The summed E-state index contributed by atoms with van der Waals surface area (Å²) < 4.78 is 1.77. The highest BCUT2D eigenvalue weighted by Gasteiger charge is 2.26. The van der Waals surface area contributed by atoms with Crippen molar-refractivity contribution < 1.29 is 14.8 Å². The van der Waals surface area contributed by atoms with Crippen LogP contribution in [0.4, 0.5) is 5.69 Å². The van der Waals surface area contributed by atoms with E-state index in [0.717, 1.165) is 5.69 Å². The second-order valence-corrected chi connectivity index (χ2v) is 5.03. The number of fused-ring (bicyclic) bond motifs is 1. The number of hydrogen-bond donors (Lipinski definition) is 2. The van der Waals surface area contributed by atoms with E-state index in [1.54, 1.807) is 24.6 Å². The number of nitrogens with two attached hydrogens (primary N) is 1. The van der Waals surface area contributed by atoms with Crippen molar-refractivity contribution in [2.24, 2.45) is 12.8 Å². The van der Waals surface area contributed by atoms with E-state index in [1.807, 2.05) is 0 Å². The lowest BCUT2D eigenvalue weighted by Crippen LogP contribution is -2.32. The highest BCUT2D eigenvalue weighted by atomic mass is 16.6. The Balaban J connectivity index is 2.86. The molecule has 0 saturated carbocycles. The van der Waals surface area contributed by atoms with Crippen LogP contribution < -0.4 is 5.73 Å². The van der Waals surface area contributed by atoms with Crippen LogP contribution in [0.3, 0.4) is 0 Å². The summed E-state index contributed by atoms with van der Waals surface area (Å²) in [7, 11) is 1.76. The number of rotatable bonds is 4. The molecule has 7 heteroatoms. The molecule has 1 atom stereocenters. The van der Waals surface area contributed by atoms with Gasteiger partial charge in [0.15, 0.2) is 0 Å². The van der Waals surface area contributed by atoms with Gasteiger partial charge in [-0.25, -0.2) is 0 Å². The number of carbonyl (C=O) groups is 1. The van der Waals surface area contributed by atoms with Gasteiger partial charge in [-0.3, -0.25) is 14.9 Å². The molecule has 1 heterocycles. The Morgan fingerprint density at radius 1 is 1.59 bits per heavy atom. The number of carboxylic acids is 1. The number of aryl methyl sites for hydroxylation is 1. The summed E-state index contributed by atoms with van der Waals surface area (Å²) in [4.78, 5) is 21.9. The molecule has 0 bridgehead atoms. The Bertz CT molecular complexity index is 830. The predicted octanol–water partition coefficient (Wildman–Crippen LogP) is 1.33. The average Bonchev–Trinajstić information content (AvgIpc) is 2.70. The maximum Gasteiger partial charge on any atom is 0.320 e. The molecule has 0 aliphatic carbocycles. The summed E-state index contributed by atoms with van der Waals surface area (Å²) >= 11 is 0. The molecule has 1 aromatic heterocycles. The number of carboxylic acid groups (broad SMARTS) is 1. The zero-order valence-electron chi connectivity index (χ0n) is 12.2. The lowest BCUT2D eigenvalue weighted by molar-refractivity contribution is -0.383. The second-order valence-electron chi connectivity index (χ2n) is 5.03. The molecule has 114 valence electrons. The van der Waals surface area contributed by atoms with E-state index >= 15 is 0 Å². The molecule has 2 aromatic rings. The summed E-state index contributed by atoms with van der Waals surface area (Å²) in [5, 5.41) is 20.8. The normalized spacial score (nSPS) is 12.1. The number of nitro groups is 1. The number of hydrogen-bond acceptors (Lipinski definition) is 4. The molecule has 0 fully saturated rings. The van der Waals surface area contributed by atoms with Gasteiger partial charge in [-0.05, 0) is 24.6 Å². The van der Waals surface area contributed by atoms with Crippen molar-refractivity contribution in [2.75, 3.05) is 0 Å². The molecule has 3 N–H and O–H groups in total. The number of aliphatic carboxylic acids is 1. The minimum Gasteiger partial charge on any atom is -0.480 e. The van der Waals surface area contributed by atoms with E-state index in [0.29, 0.717) is 16.5 Å². The van der Waals surface area contributed by atoms with Crippen LogP contribution in [-0.4, -0.2) is 26.6 Å². The van der Waals surface area contributed by atoms with E-state index in [4.69, 9.17) is 17.3 Å². The molecule has 0 radical (unpaired) electrons. The fourth-order valence-corrected chi connectivity index (χ4v) is 2.58. The number of terminal acetylenes is 1. The van der Waals surface area contributed by atoms with E-state index in [9.17, 15) is 14.9 Å². The van der Waals surface area contributed by atoms with Crippen molar-refractivity contribution in [1.29, 1.82) is 0 Å². The third kappa shape index (κ3) is 2.29. The molecule has 0 amide bonds. The van der Waals surface area contributed by atoms with Crippen molar-refractivity contribution in [3.63, 3.8) is 0 Å². The van der Waals surface area contributed by atoms with Gasteiger partial charge in [0.1, 0.15) is 11.6 Å². The lowest BCUT2D eigenvalue weighted by Gasteiger charge is -2.07. The third-order valence-corrected chi connectivity index (χ3v) is 3.84. The first-order valence-corrected chi connectivity index (χ1v) is 6.49. The fourth-order valence-electron chi connectivity index (χ4n) is 2.58. The van der Waals surface area contributed by atoms with Crippen LogP contribution in [-0.2, 0) is 18.3 Å². The van der Waals surface area contributed by atoms with Crippen molar-refractivity contribution in [1.82, 2.24) is 4.57 Å². The van der Waals surface area contributed by atoms with Crippen molar-refractivity contribution >= 4 is 22.6 Å². The Morgan fingerprint density at radius 2 is 2.23 bits per heavy atom. The van der Waals surface area contributed by atoms with Crippen LogP contribution in [0.25, 0.3) is 10.9 Å². The van der Waals surface area contributed by atoms with Crippen LogP contribution in [0, 0.1) is 29.4 Å². The number of aromatic nitrogens is 1. The molecule has 22 heavy (non-hydrogen) atoms. The zero-order chi connectivity index (χ0) is 16.6.